The zero-order chi connectivity index (χ0) is 13.5. The van der Waals surface area contributed by atoms with Crippen LogP contribution in [0.1, 0.15) is 6.92 Å². The van der Waals surface area contributed by atoms with Gasteiger partial charge in [-0.1, -0.05) is 12.2 Å². The maximum Gasteiger partial charge on any atom is 0.323 e. The Bertz CT molecular complexity index is 433. The molecule has 1 aliphatic heterocycles. The van der Waals surface area contributed by atoms with E-state index in [4.69, 9.17) is 15.3 Å². The number of rotatable bonds is 5. The number of hydrogen-bond acceptors (Lipinski definition) is 8. The van der Waals surface area contributed by atoms with Crippen LogP contribution in [0.2, 0.25) is 0 Å². The van der Waals surface area contributed by atoms with E-state index in [0.717, 1.165) is 13.1 Å². The van der Waals surface area contributed by atoms with Crippen molar-refractivity contribution in [3.63, 3.8) is 0 Å². The first-order valence-corrected chi connectivity index (χ1v) is 6.13. The predicted molar refractivity (Wildman–Crippen MR) is 71.0 cm³/mol. The highest BCUT2D eigenvalue weighted by molar-refractivity contribution is 5.38. The molecule has 19 heavy (non-hydrogen) atoms. The second-order valence-corrected chi connectivity index (χ2v) is 3.87. The van der Waals surface area contributed by atoms with Gasteiger partial charge in [-0.2, -0.15) is 15.0 Å². The largest absolute Gasteiger partial charge is 0.459 e. The summed E-state index contributed by atoms with van der Waals surface area (Å²) < 4.78 is 10.7. The van der Waals surface area contributed by atoms with Crippen molar-refractivity contribution in [1.82, 2.24) is 15.0 Å². The lowest BCUT2D eigenvalue weighted by Gasteiger charge is -2.26. The Morgan fingerprint density at radius 3 is 2.84 bits per heavy atom. The number of hydrazine groups is 1. The number of nitrogens with zero attached hydrogens (tertiary/aromatic N) is 4. The fraction of sp³-hybridized carbons (Fsp3) is 0.545. The topological polar surface area (TPSA) is 98.4 Å². The third-order valence-corrected chi connectivity index (χ3v) is 2.57. The van der Waals surface area contributed by atoms with E-state index in [2.05, 4.69) is 20.4 Å². The molecular formula is C11H18N6O2. The van der Waals surface area contributed by atoms with Gasteiger partial charge in [0.05, 0.1) is 13.2 Å². The Balaban J connectivity index is 2.14. The van der Waals surface area contributed by atoms with Gasteiger partial charge in [-0.15, -0.1) is 0 Å². The highest BCUT2D eigenvalue weighted by Crippen LogP contribution is 2.15. The van der Waals surface area contributed by atoms with Crippen LogP contribution in [0, 0.1) is 0 Å². The number of nitrogen functional groups attached to an aromatic ring is 1. The summed E-state index contributed by atoms with van der Waals surface area (Å²) in [5.41, 5.74) is 2.42. The molecule has 0 amide bonds. The molecule has 1 aromatic rings. The quantitative estimate of drug-likeness (QED) is 0.435. The SMILES string of the molecule is C/C=C/COc1nc(NN)nc(N2CCOCC2)n1. The minimum absolute atomic E-state index is 0.252. The predicted octanol–water partition coefficient (Wildman–Crippen LogP) is -0.0513. The maximum atomic E-state index is 5.42. The molecule has 1 saturated heterocycles. The number of nitrogens with one attached hydrogen (secondary N) is 1. The van der Waals surface area contributed by atoms with Gasteiger partial charge in [-0.25, -0.2) is 5.84 Å². The maximum absolute atomic E-state index is 5.42. The summed E-state index contributed by atoms with van der Waals surface area (Å²) in [6.45, 7) is 5.12. The van der Waals surface area contributed by atoms with Gasteiger partial charge in [-0.3, -0.25) is 5.43 Å². The lowest BCUT2D eigenvalue weighted by molar-refractivity contribution is 0.122. The fourth-order valence-corrected chi connectivity index (χ4v) is 1.60. The second-order valence-electron chi connectivity index (χ2n) is 3.87. The Morgan fingerprint density at radius 1 is 1.37 bits per heavy atom. The monoisotopic (exact) mass is 266 g/mol. The number of hydrogen-bond donors (Lipinski definition) is 2. The first-order chi connectivity index (χ1) is 9.33. The lowest BCUT2D eigenvalue weighted by Crippen LogP contribution is -2.37. The third kappa shape index (κ3) is 3.76. The molecule has 8 nitrogen and oxygen atoms in total. The molecule has 104 valence electrons. The van der Waals surface area contributed by atoms with Gasteiger partial charge < -0.3 is 14.4 Å². The molecule has 0 saturated carbocycles. The Labute approximate surface area is 111 Å². The van der Waals surface area contributed by atoms with Crippen molar-refractivity contribution < 1.29 is 9.47 Å². The van der Waals surface area contributed by atoms with Crippen molar-refractivity contribution in [2.45, 2.75) is 6.92 Å². The highest BCUT2D eigenvalue weighted by Gasteiger charge is 2.16. The third-order valence-electron chi connectivity index (χ3n) is 2.57. The molecule has 0 bridgehead atoms. The molecule has 8 heteroatoms. The summed E-state index contributed by atoms with van der Waals surface area (Å²) in [5, 5.41) is 0. The average molecular weight is 266 g/mol. The fourth-order valence-electron chi connectivity index (χ4n) is 1.60. The number of anilines is 2. The van der Waals surface area contributed by atoms with Crippen molar-refractivity contribution in [1.29, 1.82) is 0 Å². The van der Waals surface area contributed by atoms with Gasteiger partial charge in [0, 0.05) is 13.1 Å². The standard InChI is InChI=1S/C11H18N6O2/c1-2-3-6-19-11-14-9(16-12)13-10(15-11)17-4-7-18-8-5-17/h2-3H,4-8,12H2,1H3,(H,13,14,15,16)/b3-2+. The van der Waals surface area contributed by atoms with Crippen molar-refractivity contribution >= 4 is 11.9 Å². The van der Waals surface area contributed by atoms with Gasteiger partial charge in [0.2, 0.25) is 11.9 Å². The highest BCUT2D eigenvalue weighted by atomic mass is 16.5. The number of nitrogens with two attached hydrogens (primary N) is 1. The van der Waals surface area contributed by atoms with Crippen LogP contribution in [0.15, 0.2) is 12.2 Å². The molecule has 3 N–H and O–H groups in total. The zero-order valence-electron chi connectivity index (χ0n) is 10.9. The normalized spacial score (nSPS) is 15.8. The van der Waals surface area contributed by atoms with Crippen LogP contribution in [0.4, 0.5) is 11.9 Å². The van der Waals surface area contributed by atoms with E-state index in [-0.39, 0.29) is 12.0 Å². The smallest absolute Gasteiger partial charge is 0.323 e. The molecule has 2 rings (SSSR count). The molecule has 0 unspecified atom stereocenters. The number of ether oxygens (including phenoxy) is 2. The summed E-state index contributed by atoms with van der Waals surface area (Å²) in [4.78, 5) is 14.5. The molecule has 0 aliphatic carbocycles. The van der Waals surface area contributed by atoms with Gasteiger partial charge >= 0.3 is 6.01 Å². The molecule has 0 atom stereocenters. The first kappa shape index (κ1) is 13.5. The van der Waals surface area contributed by atoms with E-state index < -0.39 is 0 Å². The van der Waals surface area contributed by atoms with Crippen molar-refractivity contribution in [2.75, 3.05) is 43.2 Å². The van der Waals surface area contributed by atoms with Gasteiger partial charge in [0.1, 0.15) is 6.61 Å². The van der Waals surface area contributed by atoms with Crippen LogP contribution in [0.5, 0.6) is 6.01 Å². The van der Waals surface area contributed by atoms with Crippen molar-refractivity contribution in [3.05, 3.63) is 12.2 Å². The van der Waals surface area contributed by atoms with Crippen molar-refractivity contribution in [2.24, 2.45) is 5.84 Å². The molecule has 2 heterocycles. The first-order valence-electron chi connectivity index (χ1n) is 6.13. The van der Waals surface area contributed by atoms with Gasteiger partial charge in [-0.05, 0) is 6.92 Å². The molecular weight excluding hydrogens is 248 g/mol. The van der Waals surface area contributed by atoms with E-state index in [9.17, 15) is 0 Å². The molecule has 1 aliphatic rings. The van der Waals surface area contributed by atoms with Crippen LogP contribution in [-0.4, -0.2) is 47.9 Å². The summed E-state index contributed by atoms with van der Waals surface area (Å²) in [6, 6.07) is 0.252. The van der Waals surface area contributed by atoms with Crippen LogP contribution in [-0.2, 0) is 4.74 Å². The van der Waals surface area contributed by atoms with E-state index in [0.29, 0.717) is 25.8 Å². The Hall–Kier alpha value is -1.93. The Kier molecular flexibility index (Phi) is 4.87. The minimum atomic E-state index is 0.252. The number of allylic oxidation sites excluding steroid dienone is 1. The zero-order valence-corrected chi connectivity index (χ0v) is 10.9. The molecule has 0 aromatic carbocycles. The van der Waals surface area contributed by atoms with Crippen LogP contribution in [0.3, 0.4) is 0 Å². The molecule has 1 aromatic heterocycles. The summed E-state index contributed by atoms with van der Waals surface area (Å²) in [6.07, 6.45) is 3.76. The molecule has 0 radical (unpaired) electrons. The van der Waals surface area contributed by atoms with E-state index >= 15 is 0 Å². The minimum Gasteiger partial charge on any atom is -0.459 e. The van der Waals surface area contributed by atoms with Crippen LogP contribution in [0.25, 0.3) is 0 Å². The molecule has 0 spiro atoms. The summed E-state index contributed by atoms with van der Waals surface area (Å²) in [7, 11) is 0. The van der Waals surface area contributed by atoms with Gasteiger partial charge in [0.15, 0.2) is 0 Å². The van der Waals surface area contributed by atoms with E-state index in [1.165, 1.54) is 0 Å². The number of aromatic nitrogens is 3. The van der Waals surface area contributed by atoms with Crippen molar-refractivity contribution in [3.8, 4) is 6.01 Å². The summed E-state index contributed by atoms with van der Waals surface area (Å²) >= 11 is 0. The van der Waals surface area contributed by atoms with Crippen LogP contribution >= 0.6 is 0 Å². The van der Waals surface area contributed by atoms with Gasteiger partial charge in [0.25, 0.3) is 0 Å². The van der Waals surface area contributed by atoms with E-state index in [1.807, 2.05) is 24.0 Å². The number of morpholine rings is 1. The van der Waals surface area contributed by atoms with Crippen LogP contribution < -0.4 is 20.9 Å². The molecule has 1 fully saturated rings. The average Bonchev–Trinajstić information content (AvgIpc) is 2.48. The second kappa shape index (κ2) is 6.86. The lowest BCUT2D eigenvalue weighted by atomic mass is 10.4. The Morgan fingerprint density at radius 2 is 2.16 bits per heavy atom. The van der Waals surface area contributed by atoms with E-state index in [1.54, 1.807) is 0 Å². The summed E-state index contributed by atoms with van der Waals surface area (Å²) in [5.74, 6) is 6.18.